The second-order valence-corrected chi connectivity index (χ2v) is 13.3. The molecular weight excluding hydrogens is 534 g/mol. The summed E-state index contributed by atoms with van der Waals surface area (Å²) in [7, 11) is -3.75. The molecule has 0 bridgehead atoms. The lowest BCUT2D eigenvalue weighted by Crippen LogP contribution is -2.43. The first-order chi connectivity index (χ1) is 16.7. The van der Waals surface area contributed by atoms with Crippen molar-refractivity contribution in [2.45, 2.75) is 49.7 Å². The average molecular weight is 560 g/mol. The van der Waals surface area contributed by atoms with Crippen LogP contribution < -0.4 is 10.6 Å². The number of anilines is 1. The van der Waals surface area contributed by atoms with Gasteiger partial charge in [0, 0.05) is 18.0 Å². The highest BCUT2D eigenvalue weighted by molar-refractivity contribution is 7.91. The maximum absolute atomic E-state index is 13.2. The summed E-state index contributed by atoms with van der Waals surface area (Å²) in [6.45, 7) is 2.13. The van der Waals surface area contributed by atoms with Crippen LogP contribution in [-0.4, -0.2) is 50.3 Å². The number of halogens is 1. The van der Waals surface area contributed by atoms with Gasteiger partial charge in [0.05, 0.1) is 22.4 Å². The number of amides is 3. The van der Waals surface area contributed by atoms with Gasteiger partial charge in [-0.25, -0.2) is 13.2 Å². The maximum Gasteiger partial charge on any atom is 0.414 e. The molecule has 1 aliphatic heterocycles. The molecule has 0 saturated carbocycles. The normalized spacial score (nSPS) is 18.5. The van der Waals surface area contributed by atoms with E-state index in [1.807, 2.05) is 0 Å². The number of nitrogens with one attached hydrogen (secondary N) is 2. The average Bonchev–Trinajstić information content (AvgIpc) is 3.43. The standard InChI is InChI=1S/C22H26ClN3O6S3/c1-2-32-22(29)25-20(28)18-14-7-3-4-8-15(14)33-21(18)24-19(27)13-6-5-11-26(12-13)35(30,31)17-10-9-16(23)34-17/h9-10,13H,2-8,11-12H2,1H3,(H,24,27)(H,25,28,29). The summed E-state index contributed by atoms with van der Waals surface area (Å²) >= 11 is 8.24. The number of hydrogen-bond acceptors (Lipinski definition) is 8. The fourth-order valence-corrected chi connectivity index (χ4v) is 8.82. The van der Waals surface area contributed by atoms with Gasteiger partial charge in [-0.2, -0.15) is 4.31 Å². The van der Waals surface area contributed by atoms with Gasteiger partial charge < -0.3 is 10.1 Å². The number of carbonyl (C=O) groups excluding carboxylic acids is 3. The van der Waals surface area contributed by atoms with E-state index in [1.165, 1.54) is 27.8 Å². The van der Waals surface area contributed by atoms with Crippen LogP contribution >= 0.6 is 34.3 Å². The van der Waals surface area contributed by atoms with Gasteiger partial charge in [-0.05, 0) is 63.1 Å². The Morgan fingerprint density at radius 1 is 1.17 bits per heavy atom. The Labute approximate surface area is 216 Å². The van der Waals surface area contributed by atoms with E-state index in [1.54, 1.807) is 6.92 Å². The molecule has 3 heterocycles. The van der Waals surface area contributed by atoms with Crippen LogP contribution in [0.4, 0.5) is 9.80 Å². The van der Waals surface area contributed by atoms with Crippen molar-refractivity contribution in [2.75, 3.05) is 25.0 Å². The molecule has 1 unspecified atom stereocenters. The monoisotopic (exact) mass is 559 g/mol. The number of thiophene rings is 2. The second-order valence-electron chi connectivity index (χ2n) is 8.34. The van der Waals surface area contributed by atoms with Crippen molar-refractivity contribution in [3.05, 3.63) is 32.5 Å². The Bertz CT molecular complexity index is 1240. The molecule has 2 aromatic rings. The highest BCUT2D eigenvalue weighted by Crippen LogP contribution is 2.39. The van der Waals surface area contributed by atoms with E-state index in [9.17, 15) is 22.8 Å². The highest BCUT2D eigenvalue weighted by Gasteiger charge is 2.35. The van der Waals surface area contributed by atoms with Gasteiger partial charge in [-0.1, -0.05) is 11.6 Å². The lowest BCUT2D eigenvalue weighted by molar-refractivity contribution is -0.120. The smallest absolute Gasteiger partial charge is 0.414 e. The number of nitrogens with zero attached hydrogens (tertiary/aromatic N) is 1. The van der Waals surface area contributed by atoms with Crippen LogP contribution in [-0.2, 0) is 32.4 Å². The van der Waals surface area contributed by atoms with Crippen LogP contribution in [0.15, 0.2) is 16.3 Å². The largest absolute Gasteiger partial charge is 0.450 e. The van der Waals surface area contributed by atoms with Crippen LogP contribution in [0.1, 0.15) is 53.4 Å². The molecule has 4 rings (SSSR count). The Morgan fingerprint density at radius 3 is 2.66 bits per heavy atom. The number of rotatable bonds is 6. The molecular formula is C22H26ClN3O6S3. The third-order valence-corrected chi connectivity index (χ3v) is 10.8. The summed E-state index contributed by atoms with van der Waals surface area (Å²) in [4.78, 5) is 39.0. The number of imide groups is 1. The van der Waals surface area contributed by atoms with Gasteiger partial charge in [0.25, 0.3) is 15.9 Å². The molecule has 0 spiro atoms. The number of carbonyl (C=O) groups is 3. The number of aryl methyl sites for hydroxylation is 1. The summed E-state index contributed by atoms with van der Waals surface area (Å²) in [5.74, 6) is -1.53. The summed E-state index contributed by atoms with van der Waals surface area (Å²) in [6, 6.07) is 3.01. The molecule has 2 N–H and O–H groups in total. The molecule has 2 aromatic heterocycles. The number of ether oxygens (including phenoxy) is 1. The van der Waals surface area contributed by atoms with E-state index in [4.69, 9.17) is 16.3 Å². The van der Waals surface area contributed by atoms with Gasteiger partial charge in [0.1, 0.15) is 9.21 Å². The predicted octanol–water partition coefficient (Wildman–Crippen LogP) is 4.27. The van der Waals surface area contributed by atoms with Crippen molar-refractivity contribution in [2.24, 2.45) is 5.92 Å². The summed E-state index contributed by atoms with van der Waals surface area (Å²) in [5.41, 5.74) is 1.14. The number of piperidine rings is 1. The molecule has 0 aromatic carbocycles. The van der Waals surface area contributed by atoms with Gasteiger partial charge in [-0.3, -0.25) is 14.9 Å². The van der Waals surface area contributed by atoms with Crippen LogP contribution in [0.2, 0.25) is 4.34 Å². The quantitative estimate of drug-likeness (QED) is 0.545. The molecule has 1 atom stereocenters. The fraction of sp³-hybridized carbons (Fsp3) is 0.500. The highest BCUT2D eigenvalue weighted by atomic mass is 35.5. The third kappa shape index (κ3) is 5.72. The van der Waals surface area contributed by atoms with Crippen molar-refractivity contribution in [3.8, 4) is 0 Å². The van der Waals surface area contributed by atoms with Crippen LogP contribution in [0.3, 0.4) is 0 Å². The number of hydrogen-bond donors (Lipinski definition) is 2. The lowest BCUT2D eigenvalue weighted by atomic mass is 9.95. The second kappa shape index (κ2) is 11.0. The predicted molar refractivity (Wildman–Crippen MR) is 135 cm³/mol. The van der Waals surface area contributed by atoms with Crippen LogP contribution in [0, 0.1) is 5.92 Å². The molecule has 0 radical (unpaired) electrons. The van der Waals surface area contributed by atoms with Gasteiger partial charge in [0.15, 0.2) is 0 Å². The molecule has 2 aliphatic rings. The lowest BCUT2D eigenvalue weighted by Gasteiger charge is -2.30. The molecule has 1 fully saturated rings. The summed E-state index contributed by atoms with van der Waals surface area (Å²) < 4.78 is 32.7. The molecule has 3 amide bonds. The van der Waals surface area contributed by atoms with E-state index >= 15 is 0 Å². The zero-order valence-corrected chi connectivity index (χ0v) is 22.3. The van der Waals surface area contributed by atoms with Gasteiger partial charge in [-0.15, -0.1) is 22.7 Å². The van der Waals surface area contributed by atoms with E-state index in [2.05, 4.69) is 10.6 Å². The van der Waals surface area contributed by atoms with Gasteiger partial charge in [0.2, 0.25) is 5.91 Å². The number of fused-ring (bicyclic) bond motifs is 1. The Kier molecular flexibility index (Phi) is 8.16. The first-order valence-electron chi connectivity index (χ1n) is 11.4. The van der Waals surface area contributed by atoms with Crippen molar-refractivity contribution in [1.29, 1.82) is 0 Å². The van der Waals surface area contributed by atoms with Gasteiger partial charge >= 0.3 is 6.09 Å². The summed E-state index contributed by atoms with van der Waals surface area (Å²) in [5, 5.41) is 5.48. The molecule has 35 heavy (non-hydrogen) atoms. The maximum atomic E-state index is 13.2. The molecule has 1 aliphatic carbocycles. The van der Waals surface area contributed by atoms with Crippen LogP contribution in [0.5, 0.6) is 0 Å². The fourth-order valence-electron chi connectivity index (χ4n) is 4.37. The van der Waals surface area contributed by atoms with E-state index in [0.29, 0.717) is 40.7 Å². The van der Waals surface area contributed by atoms with Crippen molar-refractivity contribution in [3.63, 3.8) is 0 Å². The molecule has 1 saturated heterocycles. The van der Waals surface area contributed by atoms with Crippen molar-refractivity contribution >= 4 is 67.2 Å². The minimum absolute atomic E-state index is 0.0408. The first-order valence-corrected chi connectivity index (χ1v) is 14.8. The molecule has 9 nitrogen and oxygen atoms in total. The topological polar surface area (TPSA) is 122 Å². The van der Waals surface area contributed by atoms with Crippen molar-refractivity contribution < 1.29 is 27.5 Å². The minimum atomic E-state index is -3.75. The number of alkyl carbamates (subject to hydrolysis) is 1. The van der Waals surface area contributed by atoms with E-state index in [0.717, 1.165) is 41.0 Å². The summed E-state index contributed by atoms with van der Waals surface area (Å²) in [6.07, 6.45) is 3.61. The zero-order valence-electron chi connectivity index (χ0n) is 19.1. The molecule has 190 valence electrons. The SMILES string of the molecule is CCOC(=O)NC(=O)c1c(NC(=O)C2CCCN(S(=O)(=O)c3ccc(Cl)s3)C2)sc2c1CCCC2. The number of sulfonamides is 1. The van der Waals surface area contributed by atoms with Crippen LogP contribution in [0.25, 0.3) is 0 Å². The first kappa shape index (κ1) is 26.1. The van der Waals surface area contributed by atoms with E-state index < -0.39 is 27.9 Å². The molecule has 13 heteroatoms. The Morgan fingerprint density at radius 2 is 1.94 bits per heavy atom. The van der Waals surface area contributed by atoms with Crippen molar-refractivity contribution in [1.82, 2.24) is 9.62 Å². The minimum Gasteiger partial charge on any atom is -0.450 e. The Balaban J connectivity index is 1.53. The van der Waals surface area contributed by atoms with E-state index in [-0.39, 0.29) is 23.3 Å². The Hall–Kier alpha value is -1.99. The third-order valence-electron chi connectivity index (χ3n) is 6.02. The zero-order chi connectivity index (χ0) is 25.2.